The third-order valence-electron chi connectivity index (χ3n) is 4.65. The average Bonchev–Trinajstić information content (AvgIpc) is 3.43. The molecule has 0 saturated carbocycles. The van der Waals surface area contributed by atoms with Crippen molar-refractivity contribution < 1.29 is 14.0 Å². The van der Waals surface area contributed by atoms with Crippen LogP contribution in [-0.4, -0.2) is 40.5 Å². The maximum absolute atomic E-state index is 12.5. The molecule has 0 radical (unpaired) electrons. The smallest absolute Gasteiger partial charge is 0.266 e. The van der Waals surface area contributed by atoms with Gasteiger partial charge in [-0.1, -0.05) is 18.2 Å². The molecule has 1 fully saturated rings. The first kappa shape index (κ1) is 19.1. The fourth-order valence-corrected chi connectivity index (χ4v) is 4.14. The summed E-state index contributed by atoms with van der Waals surface area (Å²) in [7, 11) is 3.38. The molecule has 1 N–H and O–H groups in total. The number of carbonyl (C=O) groups is 2. The maximum atomic E-state index is 12.5. The van der Waals surface area contributed by atoms with E-state index in [2.05, 4.69) is 10.3 Å². The molecule has 3 aromatic rings. The minimum Gasteiger partial charge on any atom is -0.467 e. The number of nitrogens with one attached hydrogen (secondary N) is 1. The number of fused-ring (bicyclic) bond motifs is 1. The molecule has 2 aromatic heterocycles. The molecule has 1 aliphatic rings. The van der Waals surface area contributed by atoms with Crippen molar-refractivity contribution in [2.24, 2.45) is 4.99 Å². The normalized spacial score (nSPS) is 17.0. The molecule has 1 aliphatic heterocycles. The fraction of sp³-hybridized carbons (Fsp3) is 0.190. The van der Waals surface area contributed by atoms with E-state index in [4.69, 9.17) is 4.42 Å². The lowest BCUT2D eigenvalue weighted by atomic mass is 10.1. The Morgan fingerprint density at radius 2 is 2.10 bits per heavy atom. The van der Waals surface area contributed by atoms with Crippen molar-refractivity contribution in [3.05, 3.63) is 65.1 Å². The van der Waals surface area contributed by atoms with Gasteiger partial charge < -0.3 is 14.3 Å². The van der Waals surface area contributed by atoms with Gasteiger partial charge in [0.1, 0.15) is 12.3 Å². The van der Waals surface area contributed by atoms with E-state index in [9.17, 15) is 9.59 Å². The number of hydrogen-bond acceptors (Lipinski definition) is 5. The summed E-state index contributed by atoms with van der Waals surface area (Å²) in [5.74, 6) is 0.506. The number of nitrogens with zero attached hydrogens (tertiary/aromatic N) is 3. The van der Waals surface area contributed by atoms with Crippen LogP contribution in [0.2, 0.25) is 0 Å². The highest BCUT2D eigenvalue weighted by Gasteiger charge is 2.30. The highest BCUT2D eigenvalue weighted by molar-refractivity contribution is 8.18. The second-order valence-corrected chi connectivity index (χ2v) is 7.58. The van der Waals surface area contributed by atoms with E-state index in [-0.39, 0.29) is 18.4 Å². The van der Waals surface area contributed by atoms with Crippen molar-refractivity contribution in [2.45, 2.75) is 13.1 Å². The number of furan rings is 1. The number of carbonyl (C=O) groups excluding carboxylic acids is 2. The standard InChI is InChI=1S/C21H20N4O3S/c1-22-21-24(2)20(27)18(29-21)10-14-12-25(17-8-4-3-7-16(14)17)13-19(26)23-11-15-6-5-9-28-15/h3-10,12H,11,13H2,1-2H3,(H,23,26)/b18-10+,22-21?. The number of hydrogen-bond donors (Lipinski definition) is 1. The third kappa shape index (κ3) is 3.84. The predicted molar refractivity (Wildman–Crippen MR) is 114 cm³/mol. The minimum absolute atomic E-state index is 0.0800. The van der Waals surface area contributed by atoms with Crippen LogP contribution in [0, 0.1) is 0 Å². The van der Waals surface area contributed by atoms with Crippen molar-refractivity contribution in [2.75, 3.05) is 14.1 Å². The molecule has 8 heteroatoms. The van der Waals surface area contributed by atoms with Crippen LogP contribution in [0.4, 0.5) is 0 Å². The van der Waals surface area contributed by atoms with E-state index < -0.39 is 0 Å². The molecule has 0 bridgehead atoms. The van der Waals surface area contributed by atoms with Crippen LogP contribution in [-0.2, 0) is 22.7 Å². The van der Waals surface area contributed by atoms with Crippen LogP contribution >= 0.6 is 11.8 Å². The van der Waals surface area contributed by atoms with Crippen molar-refractivity contribution in [1.29, 1.82) is 0 Å². The van der Waals surface area contributed by atoms with E-state index in [0.717, 1.165) is 16.5 Å². The van der Waals surface area contributed by atoms with Crippen LogP contribution in [0.5, 0.6) is 0 Å². The van der Waals surface area contributed by atoms with Crippen molar-refractivity contribution >= 4 is 45.7 Å². The summed E-state index contributed by atoms with van der Waals surface area (Å²) in [5, 5.41) is 4.51. The van der Waals surface area contributed by atoms with Gasteiger partial charge in [0.25, 0.3) is 5.91 Å². The van der Waals surface area contributed by atoms with Gasteiger partial charge in [0, 0.05) is 36.8 Å². The summed E-state index contributed by atoms with van der Waals surface area (Å²) >= 11 is 1.35. The first-order chi connectivity index (χ1) is 14.1. The number of para-hydroxylation sites is 1. The number of amides is 2. The molecule has 4 rings (SSSR count). The molecule has 0 spiro atoms. The van der Waals surface area contributed by atoms with E-state index in [1.54, 1.807) is 26.4 Å². The molecule has 3 heterocycles. The summed E-state index contributed by atoms with van der Waals surface area (Å²) in [6, 6.07) is 11.4. The highest BCUT2D eigenvalue weighted by Crippen LogP contribution is 2.33. The van der Waals surface area contributed by atoms with Crippen molar-refractivity contribution in [3.63, 3.8) is 0 Å². The topological polar surface area (TPSA) is 79.8 Å². The minimum atomic E-state index is -0.118. The molecule has 29 heavy (non-hydrogen) atoms. The third-order valence-corrected chi connectivity index (χ3v) is 5.81. The highest BCUT2D eigenvalue weighted by atomic mass is 32.2. The predicted octanol–water partition coefficient (Wildman–Crippen LogP) is 3.08. The van der Waals surface area contributed by atoms with Gasteiger partial charge in [0.2, 0.25) is 5.91 Å². The van der Waals surface area contributed by atoms with Crippen LogP contribution in [0.3, 0.4) is 0 Å². The van der Waals surface area contributed by atoms with Gasteiger partial charge in [0.15, 0.2) is 5.17 Å². The number of likely N-dealkylation sites (N-methyl/N-ethyl adjacent to an activating group) is 1. The van der Waals surface area contributed by atoms with Crippen molar-refractivity contribution in [1.82, 2.24) is 14.8 Å². The average molecular weight is 408 g/mol. The number of aromatic nitrogens is 1. The van der Waals surface area contributed by atoms with E-state index in [1.807, 2.05) is 47.2 Å². The van der Waals surface area contributed by atoms with Crippen LogP contribution in [0.25, 0.3) is 17.0 Å². The zero-order valence-corrected chi connectivity index (χ0v) is 16.9. The molecule has 0 unspecified atom stereocenters. The number of thioether (sulfide) groups is 1. The first-order valence-electron chi connectivity index (χ1n) is 9.08. The number of aliphatic imine (C=N–C) groups is 1. The Morgan fingerprint density at radius 3 is 2.83 bits per heavy atom. The zero-order chi connectivity index (χ0) is 20.4. The molecule has 148 valence electrons. The van der Waals surface area contributed by atoms with Gasteiger partial charge in [-0.3, -0.25) is 19.5 Å². The quantitative estimate of drug-likeness (QED) is 0.658. The zero-order valence-electron chi connectivity index (χ0n) is 16.1. The molecule has 1 aromatic carbocycles. The van der Waals surface area contributed by atoms with E-state index >= 15 is 0 Å². The number of benzene rings is 1. The second kappa shape index (κ2) is 8.00. The lowest BCUT2D eigenvalue weighted by Crippen LogP contribution is -2.26. The Bertz CT molecular complexity index is 1130. The molecule has 0 atom stereocenters. The summed E-state index contributed by atoms with van der Waals surface area (Å²) in [5.41, 5.74) is 1.82. The lowest BCUT2D eigenvalue weighted by molar-refractivity contribution is -0.122. The molecule has 7 nitrogen and oxygen atoms in total. The molecular formula is C21H20N4O3S. The van der Waals surface area contributed by atoms with Gasteiger partial charge in [-0.2, -0.15) is 0 Å². The summed E-state index contributed by atoms with van der Waals surface area (Å²) in [4.78, 5) is 31.2. The molecule has 0 aliphatic carbocycles. The van der Waals surface area contributed by atoms with Crippen LogP contribution in [0.1, 0.15) is 11.3 Å². The van der Waals surface area contributed by atoms with E-state index in [0.29, 0.717) is 22.4 Å². The maximum Gasteiger partial charge on any atom is 0.266 e. The van der Waals surface area contributed by atoms with E-state index in [1.165, 1.54) is 16.7 Å². The van der Waals surface area contributed by atoms with Crippen LogP contribution in [0.15, 0.2) is 63.2 Å². The Morgan fingerprint density at radius 1 is 1.28 bits per heavy atom. The summed E-state index contributed by atoms with van der Waals surface area (Å²) < 4.78 is 7.13. The molecule has 1 saturated heterocycles. The monoisotopic (exact) mass is 408 g/mol. The Balaban J connectivity index is 1.59. The summed E-state index contributed by atoms with van der Waals surface area (Å²) in [6.45, 7) is 0.519. The fourth-order valence-electron chi connectivity index (χ4n) is 3.22. The second-order valence-electron chi connectivity index (χ2n) is 6.57. The molecule has 2 amide bonds. The molecular weight excluding hydrogens is 388 g/mol. The lowest BCUT2D eigenvalue weighted by Gasteiger charge is -2.06. The van der Waals surface area contributed by atoms with Crippen molar-refractivity contribution in [3.8, 4) is 0 Å². The van der Waals surface area contributed by atoms with Gasteiger partial charge in [-0.05, 0) is 36.0 Å². The van der Waals surface area contributed by atoms with Gasteiger partial charge in [0.05, 0.1) is 17.7 Å². The van der Waals surface area contributed by atoms with Gasteiger partial charge in [-0.15, -0.1) is 0 Å². The van der Waals surface area contributed by atoms with Gasteiger partial charge >= 0.3 is 0 Å². The van der Waals surface area contributed by atoms with Crippen LogP contribution < -0.4 is 5.32 Å². The van der Waals surface area contributed by atoms with Gasteiger partial charge in [-0.25, -0.2) is 0 Å². The Hall–Kier alpha value is -3.26. The largest absolute Gasteiger partial charge is 0.467 e. The number of rotatable bonds is 5. The first-order valence-corrected chi connectivity index (χ1v) is 9.90. The SMILES string of the molecule is CN=C1S/C(=C/c2cn(CC(=O)NCc3ccco3)c3ccccc23)C(=O)N1C. The Kier molecular flexibility index (Phi) is 5.26. The number of amidine groups is 1. The Labute approximate surface area is 172 Å². The summed E-state index contributed by atoms with van der Waals surface area (Å²) in [6.07, 6.45) is 5.34.